The highest BCUT2D eigenvalue weighted by molar-refractivity contribution is 5.01. The van der Waals surface area contributed by atoms with Crippen molar-refractivity contribution >= 4 is 0 Å². The second-order valence-electron chi connectivity index (χ2n) is 3.47. The Labute approximate surface area is 83.7 Å². The van der Waals surface area contributed by atoms with Gasteiger partial charge in [-0.1, -0.05) is 63.8 Å². The van der Waals surface area contributed by atoms with Crippen molar-refractivity contribution in [2.24, 2.45) is 0 Å². The molecule has 0 aromatic rings. The van der Waals surface area contributed by atoms with Crippen molar-refractivity contribution in [3.63, 3.8) is 0 Å². The summed E-state index contributed by atoms with van der Waals surface area (Å²) in [6.07, 6.45) is 18.1. The van der Waals surface area contributed by atoms with Crippen LogP contribution in [0.2, 0.25) is 0 Å². The molecule has 0 nitrogen and oxygen atoms in total. The summed E-state index contributed by atoms with van der Waals surface area (Å²) in [5.74, 6) is 0. The first-order chi connectivity index (χ1) is 6.41. The molecule has 0 saturated carbocycles. The summed E-state index contributed by atoms with van der Waals surface area (Å²) >= 11 is 0. The first-order valence-electron chi connectivity index (χ1n) is 5.73. The van der Waals surface area contributed by atoms with Crippen molar-refractivity contribution in [3.05, 3.63) is 24.3 Å². The standard InChI is InChI=1S/C13H24/c1-3-5-7-9-11-13-12-10-8-6-4-2/h5,7,9,11H,3-4,6,8,10,12-13H2,1-2H3/b7-5-,11-9+. The molecule has 0 spiro atoms. The molecule has 0 aliphatic heterocycles. The zero-order chi connectivity index (χ0) is 9.78. The van der Waals surface area contributed by atoms with Gasteiger partial charge in [-0.3, -0.25) is 0 Å². The molecule has 0 aliphatic rings. The lowest BCUT2D eigenvalue weighted by atomic mass is 10.1. The largest absolute Gasteiger partial charge is 0.0848 e. The summed E-state index contributed by atoms with van der Waals surface area (Å²) in [5, 5.41) is 0. The first-order valence-corrected chi connectivity index (χ1v) is 5.73. The zero-order valence-corrected chi connectivity index (χ0v) is 9.26. The van der Waals surface area contributed by atoms with Gasteiger partial charge in [0.2, 0.25) is 0 Å². The molecule has 0 bridgehead atoms. The van der Waals surface area contributed by atoms with E-state index >= 15 is 0 Å². The van der Waals surface area contributed by atoms with Crippen LogP contribution in [0, 0.1) is 0 Å². The van der Waals surface area contributed by atoms with Crippen molar-refractivity contribution in [2.75, 3.05) is 0 Å². The molecule has 0 amide bonds. The minimum absolute atomic E-state index is 1.14. The first kappa shape index (κ1) is 12.5. The maximum absolute atomic E-state index is 2.28. The molecule has 0 unspecified atom stereocenters. The van der Waals surface area contributed by atoms with Crippen LogP contribution in [-0.2, 0) is 0 Å². The molecule has 0 aromatic carbocycles. The Hall–Kier alpha value is -0.520. The molecule has 0 aromatic heterocycles. The predicted molar refractivity (Wildman–Crippen MR) is 61.9 cm³/mol. The van der Waals surface area contributed by atoms with E-state index in [9.17, 15) is 0 Å². The van der Waals surface area contributed by atoms with E-state index in [0.717, 1.165) is 6.42 Å². The normalized spacial score (nSPS) is 11.8. The van der Waals surface area contributed by atoms with Gasteiger partial charge in [-0.05, 0) is 19.3 Å². The molecule has 0 N–H and O–H groups in total. The van der Waals surface area contributed by atoms with Gasteiger partial charge in [-0.15, -0.1) is 0 Å². The molecular weight excluding hydrogens is 156 g/mol. The van der Waals surface area contributed by atoms with E-state index in [4.69, 9.17) is 0 Å². The maximum Gasteiger partial charge on any atom is -0.0348 e. The highest BCUT2D eigenvalue weighted by atomic mass is 13.9. The maximum atomic E-state index is 2.28. The summed E-state index contributed by atoms with van der Waals surface area (Å²) in [6, 6.07) is 0. The average Bonchev–Trinajstić information content (AvgIpc) is 2.16. The lowest BCUT2D eigenvalue weighted by Gasteiger charge is -1.95. The van der Waals surface area contributed by atoms with Crippen molar-refractivity contribution in [1.29, 1.82) is 0 Å². The molecule has 0 fully saturated rings. The molecule has 13 heavy (non-hydrogen) atoms. The molecule has 0 aliphatic carbocycles. The van der Waals surface area contributed by atoms with E-state index in [0.29, 0.717) is 0 Å². The number of hydrogen-bond acceptors (Lipinski definition) is 0. The topological polar surface area (TPSA) is 0 Å². The lowest BCUT2D eigenvalue weighted by Crippen LogP contribution is -1.75. The molecule has 0 rings (SSSR count). The Morgan fingerprint density at radius 2 is 1.46 bits per heavy atom. The molecule has 0 saturated heterocycles. The second-order valence-corrected chi connectivity index (χ2v) is 3.47. The van der Waals surface area contributed by atoms with Gasteiger partial charge in [-0.2, -0.15) is 0 Å². The van der Waals surface area contributed by atoms with E-state index in [-0.39, 0.29) is 0 Å². The Morgan fingerprint density at radius 3 is 2.15 bits per heavy atom. The van der Waals surface area contributed by atoms with Crippen LogP contribution < -0.4 is 0 Å². The molecule has 0 heteroatoms. The Balaban J connectivity index is 3.06. The molecule has 0 radical (unpaired) electrons. The van der Waals surface area contributed by atoms with E-state index in [1.54, 1.807) is 0 Å². The summed E-state index contributed by atoms with van der Waals surface area (Å²) < 4.78 is 0. The monoisotopic (exact) mass is 180 g/mol. The minimum atomic E-state index is 1.14. The number of allylic oxidation sites excluding steroid dienone is 4. The van der Waals surface area contributed by atoms with Crippen molar-refractivity contribution in [1.82, 2.24) is 0 Å². The predicted octanol–water partition coefficient (Wildman–Crippen LogP) is 4.87. The summed E-state index contributed by atoms with van der Waals surface area (Å²) in [7, 11) is 0. The number of unbranched alkanes of at least 4 members (excludes halogenated alkanes) is 5. The highest BCUT2D eigenvalue weighted by Crippen LogP contribution is 2.05. The van der Waals surface area contributed by atoms with Crippen molar-refractivity contribution < 1.29 is 0 Å². The summed E-state index contributed by atoms with van der Waals surface area (Å²) in [5.41, 5.74) is 0. The van der Waals surface area contributed by atoms with Crippen LogP contribution >= 0.6 is 0 Å². The van der Waals surface area contributed by atoms with E-state index in [1.807, 2.05) is 0 Å². The zero-order valence-electron chi connectivity index (χ0n) is 9.26. The van der Waals surface area contributed by atoms with Crippen LogP contribution in [-0.4, -0.2) is 0 Å². The third kappa shape index (κ3) is 11.5. The fraction of sp³-hybridized carbons (Fsp3) is 0.692. The molecule has 76 valence electrons. The van der Waals surface area contributed by atoms with Crippen LogP contribution in [0.1, 0.15) is 58.8 Å². The number of hydrogen-bond donors (Lipinski definition) is 0. The fourth-order valence-electron chi connectivity index (χ4n) is 1.26. The second kappa shape index (κ2) is 11.5. The number of rotatable bonds is 8. The average molecular weight is 180 g/mol. The SMILES string of the molecule is CC/C=C\C=C\CCCCCCC. The lowest BCUT2D eigenvalue weighted by molar-refractivity contribution is 0.637. The van der Waals surface area contributed by atoms with Crippen LogP contribution in [0.5, 0.6) is 0 Å². The molecular formula is C13H24. The van der Waals surface area contributed by atoms with Gasteiger partial charge in [0, 0.05) is 0 Å². The van der Waals surface area contributed by atoms with E-state index < -0.39 is 0 Å². The van der Waals surface area contributed by atoms with Crippen LogP contribution in [0.3, 0.4) is 0 Å². The van der Waals surface area contributed by atoms with Gasteiger partial charge in [0.25, 0.3) is 0 Å². The third-order valence-electron chi connectivity index (χ3n) is 2.09. The van der Waals surface area contributed by atoms with Gasteiger partial charge >= 0.3 is 0 Å². The van der Waals surface area contributed by atoms with E-state index in [1.165, 1.54) is 38.5 Å². The minimum Gasteiger partial charge on any atom is -0.0848 e. The quantitative estimate of drug-likeness (QED) is 0.369. The summed E-state index contributed by atoms with van der Waals surface area (Å²) in [6.45, 7) is 4.42. The van der Waals surface area contributed by atoms with Gasteiger partial charge in [0.05, 0.1) is 0 Å². The Morgan fingerprint density at radius 1 is 0.769 bits per heavy atom. The van der Waals surface area contributed by atoms with Crippen LogP contribution in [0.4, 0.5) is 0 Å². The van der Waals surface area contributed by atoms with Gasteiger partial charge < -0.3 is 0 Å². The highest BCUT2D eigenvalue weighted by Gasteiger charge is 1.85. The van der Waals surface area contributed by atoms with Crippen molar-refractivity contribution in [3.8, 4) is 0 Å². The Bertz CT molecular complexity index is 131. The van der Waals surface area contributed by atoms with Crippen LogP contribution in [0.15, 0.2) is 24.3 Å². The molecule has 0 atom stereocenters. The van der Waals surface area contributed by atoms with Gasteiger partial charge in [-0.25, -0.2) is 0 Å². The third-order valence-corrected chi connectivity index (χ3v) is 2.09. The van der Waals surface area contributed by atoms with Crippen molar-refractivity contribution in [2.45, 2.75) is 58.8 Å². The summed E-state index contributed by atoms with van der Waals surface area (Å²) in [4.78, 5) is 0. The molecule has 0 heterocycles. The van der Waals surface area contributed by atoms with Gasteiger partial charge in [0.1, 0.15) is 0 Å². The van der Waals surface area contributed by atoms with Crippen LogP contribution in [0.25, 0.3) is 0 Å². The van der Waals surface area contributed by atoms with E-state index in [2.05, 4.69) is 38.2 Å². The fourth-order valence-corrected chi connectivity index (χ4v) is 1.26. The smallest absolute Gasteiger partial charge is 0.0348 e. The Kier molecular flexibility index (Phi) is 11.0. The van der Waals surface area contributed by atoms with Gasteiger partial charge in [0.15, 0.2) is 0 Å².